The van der Waals surface area contributed by atoms with Crippen LogP contribution in [0.15, 0.2) is 24.0 Å². The van der Waals surface area contributed by atoms with Gasteiger partial charge < -0.3 is 15.3 Å². The van der Waals surface area contributed by atoms with E-state index >= 15 is 0 Å². The minimum absolute atomic E-state index is 0.0148. The number of hydrogen-bond donors (Lipinski definition) is 3. The molecule has 2 unspecified atom stereocenters. The Hall–Kier alpha value is -0.800. The first-order valence-corrected chi connectivity index (χ1v) is 3.03. The molecule has 0 aliphatic heterocycles. The van der Waals surface area contributed by atoms with Gasteiger partial charge in [0.1, 0.15) is 17.5 Å². The van der Waals surface area contributed by atoms with Crippen molar-refractivity contribution in [3.05, 3.63) is 24.0 Å². The van der Waals surface area contributed by atoms with Crippen LogP contribution in [0.4, 0.5) is 0 Å². The lowest BCUT2D eigenvalue weighted by Gasteiger charge is -2.25. The Morgan fingerprint density at radius 1 is 1.60 bits per heavy atom. The van der Waals surface area contributed by atoms with Crippen LogP contribution in [0.2, 0.25) is 0 Å². The smallest absolute Gasteiger partial charge is 0.114 e. The van der Waals surface area contributed by atoms with E-state index in [9.17, 15) is 5.11 Å². The van der Waals surface area contributed by atoms with Gasteiger partial charge in [-0.15, -0.1) is 0 Å². The van der Waals surface area contributed by atoms with E-state index in [-0.39, 0.29) is 5.76 Å². The van der Waals surface area contributed by atoms with Crippen LogP contribution in [-0.2, 0) is 0 Å². The van der Waals surface area contributed by atoms with Crippen LogP contribution in [0.5, 0.6) is 0 Å². The highest BCUT2D eigenvalue weighted by atomic mass is 16.3. The summed E-state index contributed by atoms with van der Waals surface area (Å²) in [7, 11) is 0. The maximum atomic E-state index is 9.27. The second-order valence-corrected chi connectivity index (χ2v) is 2.60. The van der Waals surface area contributed by atoms with E-state index in [0.717, 1.165) is 0 Å². The highest BCUT2D eigenvalue weighted by molar-refractivity contribution is 5.25. The number of rotatable bonds is 0. The molecule has 0 aromatic carbocycles. The third kappa shape index (κ3) is 1.20. The second kappa shape index (κ2) is 2.11. The third-order valence-electron chi connectivity index (χ3n) is 1.52. The lowest BCUT2D eigenvalue weighted by atomic mass is 9.94. The third-order valence-corrected chi connectivity index (χ3v) is 1.52. The summed E-state index contributed by atoms with van der Waals surface area (Å²) in [5, 5.41) is 27.2. The molecule has 3 N–H and O–H groups in total. The molecule has 0 aromatic heterocycles. The molecule has 2 atom stereocenters. The normalized spacial score (nSPS) is 39.5. The van der Waals surface area contributed by atoms with Crippen molar-refractivity contribution in [2.75, 3.05) is 0 Å². The Kier molecular flexibility index (Phi) is 1.54. The number of allylic oxidation sites excluding steroid dienone is 1. The molecular formula is C7H10O3. The van der Waals surface area contributed by atoms with Crippen LogP contribution in [-0.4, -0.2) is 27.0 Å². The summed E-state index contributed by atoms with van der Waals surface area (Å²) in [4.78, 5) is 0. The highest BCUT2D eigenvalue weighted by Gasteiger charge is 2.28. The fraction of sp³-hybridized carbons (Fsp3) is 0.429. The summed E-state index contributed by atoms with van der Waals surface area (Å²) in [6, 6.07) is 0. The lowest BCUT2D eigenvalue weighted by Crippen LogP contribution is -2.37. The maximum Gasteiger partial charge on any atom is 0.114 e. The molecule has 0 aromatic rings. The SMILES string of the molecule is CC1(O)C=CC(O)=CC1O. The quantitative estimate of drug-likeness (QED) is 0.450. The van der Waals surface area contributed by atoms with Crippen molar-refractivity contribution in [1.82, 2.24) is 0 Å². The van der Waals surface area contributed by atoms with Crippen molar-refractivity contribution in [3.8, 4) is 0 Å². The minimum atomic E-state index is -1.24. The van der Waals surface area contributed by atoms with Crippen molar-refractivity contribution in [3.63, 3.8) is 0 Å². The minimum Gasteiger partial charge on any atom is -0.508 e. The number of aliphatic hydroxyl groups excluding tert-OH is 2. The van der Waals surface area contributed by atoms with E-state index in [1.807, 2.05) is 0 Å². The van der Waals surface area contributed by atoms with Crippen LogP contribution in [0.1, 0.15) is 6.92 Å². The zero-order valence-electron chi connectivity index (χ0n) is 5.65. The Bertz CT molecular complexity index is 191. The molecule has 0 amide bonds. The molecule has 0 radical (unpaired) electrons. The van der Waals surface area contributed by atoms with Gasteiger partial charge >= 0.3 is 0 Å². The van der Waals surface area contributed by atoms with E-state index < -0.39 is 11.7 Å². The molecule has 56 valence electrons. The van der Waals surface area contributed by atoms with Gasteiger partial charge in [-0.05, 0) is 25.2 Å². The van der Waals surface area contributed by atoms with Crippen molar-refractivity contribution in [1.29, 1.82) is 0 Å². The average Bonchev–Trinajstić information content (AvgIpc) is 1.81. The molecule has 1 aliphatic carbocycles. The fourth-order valence-corrected chi connectivity index (χ4v) is 0.739. The predicted molar refractivity (Wildman–Crippen MR) is 36.5 cm³/mol. The molecular weight excluding hydrogens is 132 g/mol. The van der Waals surface area contributed by atoms with Crippen LogP contribution in [0.25, 0.3) is 0 Å². The first-order chi connectivity index (χ1) is 4.52. The second-order valence-electron chi connectivity index (χ2n) is 2.60. The van der Waals surface area contributed by atoms with Crippen molar-refractivity contribution in [2.45, 2.75) is 18.6 Å². The van der Waals surface area contributed by atoms with Gasteiger partial charge in [-0.25, -0.2) is 0 Å². The van der Waals surface area contributed by atoms with Crippen LogP contribution in [0.3, 0.4) is 0 Å². The van der Waals surface area contributed by atoms with Crippen molar-refractivity contribution in [2.24, 2.45) is 0 Å². The molecule has 0 fully saturated rings. The summed E-state index contributed by atoms with van der Waals surface area (Å²) in [6.07, 6.45) is 2.89. The standard InChI is InChI=1S/C7H10O3/c1-7(10)3-2-5(8)4-6(7)9/h2-4,6,8-10H,1H3. The Morgan fingerprint density at radius 3 is 2.60 bits per heavy atom. The molecule has 3 nitrogen and oxygen atoms in total. The van der Waals surface area contributed by atoms with E-state index in [4.69, 9.17) is 10.2 Å². The zero-order valence-corrected chi connectivity index (χ0v) is 5.65. The van der Waals surface area contributed by atoms with E-state index in [1.54, 1.807) is 0 Å². The average molecular weight is 142 g/mol. The number of aliphatic hydroxyl groups is 3. The van der Waals surface area contributed by atoms with Gasteiger partial charge in [0.25, 0.3) is 0 Å². The van der Waals surface area contributed by atoms with Crippen LogP contribution < -0.4 is 0 Å². The fourth-order valence-electron chi connectivity index (χ4n) is 0.739. The van der Waals surface area contributed by atoms with E-state index in [1.165, 1.54) is 25.2 Å². The summed E-state index contributed by atoms with van der Waals surface area (Å²) >= 11 is 0. The molecule has 0 saturated carbocycles. The van der Waals surface area contributed by atoms with Crippen molar-refractivity contribution < 1.29 is 15.3 Å². The van der Waals surface area contributed by atoms with E-state index in [0.29, 0.717) is 0 Å². The van der Waals surface area contributed by atoms with Gasteiger partial charge in [0.2, 0.25) is 0 Å². The largest absolute Gasteiger partial charge is 0.508 e. The van der Waals surface area contributed by atoms with Gasteiger partial charge in [0.15, 0.2) is 0 Å². The first kappa shape index (κ1) is 7.31. The summed E-state index contributed by atoms with van der Waals surface area (Å²) < 4.78 is 0. The van der Waals surface area contributed by atoms with E-state index in [2.05, 4.69) is 0 Å². The van der Waals surface area contributed by atoms with Gasteiger partial charge in [-0.1, -0.05) is 0 Å². The molecule has 3 heteroatoms. The molecule has 1 aliphatic rings. The Balaban J connectivity index is 2.84. The van der Waals surface area contributed by atoms with Crippen LogP contribution in [0, 0.1) is 0 Å². The maximum absolute atomic E-state index is 9.27. The number of hydrogen-bond acceptors (Lipinski definition) is 3. The first-order valence-electron chi connectivity index (χ1n) is 3.03. The van der Waals surface area contributed by atoms with Gasteiger partial charge in [0, 0.05) is 0 Å². The summed E-state index contributed by atoms with van der Waals surface area (Å²) in [5.74, 6) is -0.0148. The molecule has 0 bridgehead atoms. The predicted octanol–water partition coefficient (Wildman–Crippen LogP) is 0.110. The summed E-state index contributed by atoms with van der Waals surface area (Å²) in [6.45, 7) is 1.47. The van der Waals surface area contributed by atoms with Crippen LogP contribution >= 0.6 is 0 Å². The molecule has 10 heavy (non-hydrogen) atoms. The Labute approximate surface area is 58.9 Å². The highest BCUT2D eigenvalue weighted by Crippen LogP contribution is 2.19. The monoisotopic (exact) mass is 142 g/mol. The molecule has 0 heterocycles. The van der Waals surface area contributed by atoms with Crippen molar-refractivity contribution >= 4 is 0 Å². The van der Waals surface area contributed by atoms with Gasteiger partial charge in [-0.2, -0.15) is 0 Å². The summed E-state index contributed by atoms with van der Waals surface area (Å²) in [5.41, 5.74) is -1.24. The topological polar surface area (TPSA) is 60.7 Å². The lowest BCUT2D eigenvalue weighted by molar-refractivity contribution is -0.00317. The van der Waals surface area contributed by atoms with Gasteiger partial charge in [-0.3, -0.25) is 0 Å². The van der Waals surface area contributed by atoms with Gasteiger partial charge in [0.05, 0.1) is 0 Å². The molecule has 0 spiro atoms. The molecule has 0 saturated heterocycles. The molecule has 1 rings (SSSR count). The zero-order chi connectivity index (χ0) is 7.78. The Morgan fingerprint density at radius 2 is 2.20 bits per heavy atom.